The number of rotatable bonds is 12. The Morgan fingerprint density at radius 1 is 0.688 bits per heavy atom. The van der Waals surface area contributed by atoms with Crippen molar-refractivity contribution in [1.82, 2.24) is 0 Å². The van der Waals surface area contributed by atoms with Crippen molar-refractivity contribution >= 4 is 24.5 Å². The largest absolute Gasteiger partial charge is 0.404 e. The second-order valence-corrected chi connectivity index (χ2v) is 18.2. The molecule has 0 amide bonds. The van der Waals surface area contributed by atoms with E-state index in [0.717, 1.165) is 11.1 Å². The van der Waals surface area contributed by atoms with Crippen LogP contribution in [0.2, 0.25) is 5.04 Å². The molecular formula is C41H48O6Si. The molecule has 4 aromatic rings. The average Bonchev–Trinajstić information content (AvgIpc) is 3.26. The number of fused-ring (bicyclic) bond motifs is 1. The maximum Gasteiger partial charge on any atom is 0.261 e. The molecule has 0 spiro atoms. The van der Waals surface area contributed by atoms with Gasteiger partial charge in [-0.1, -0.05) is 142 Å². The number of hydrogen-bond donors (Lipinski definition) is 0. The normalized spacial score (nSPS) is 23.3. The highest BCUT2D eigenvalue weighted by Crippen LogP contribution is 2.38. The lowest BCUT2D eigenvalue weighted by Crippen LogP contribution is -2.67. The van der Waals surface area contributed by atoms with Crippen LogP contribution in [0.15, 0.2) is 121 Å². The SMILES string of the molecule is CC(C)(C)[Si](OC[C@@H]1O[C@@H]2C[C@H](OCc3ccccc3)[C@@H](COCc3ccccc3)O[C@H]2CCC1=O)(c1ccccc1)c1ccccc1. The van der Waals surface area contributed by atoms with E-state index in [0.29, 0.717) is 39.1 Å². The van der Waals surface area contributed by atoms with Gasteiger partial charge in [-0.2, -0.15) is 0 Å². The number of ether oxygens (including phenoxy) is 4. The van der Waals surface area contributed by atoms with Gasteiger partial charge in [-0.25, -0.2) is 0 Å². The zero-order chi connectivity index (χ0) is 33.4. The maximum atomic E-state index is 13.7. The first-order valence-corrected chi connectivity index (χ1v) is 19.1. The van der Waals surface area contributed by atoms with Gasteiger partial charge in [0.25, 0.3) is 8.32 Å². The van der Waals surface area contributed by atoms with Gasteiger partial charge in [0.1, 0.15) is 12.2 Å². The molecule has 6 rings (SSSR count). The van der Waals surface area contributed by atoms with Crippen LogP contribution in [-0.4, -0.2) is 57.8 Å². The van der Waals surface area contributed by atoms with Gasteiger partial charge in [-0.15, -0.1) is 0 Å². The number of benzene rings is 4. The van der Waals surface area contributed by atoms with Crippen molar-refractivity contribution < 1.29 is 28.2 Å². The van der Waals surface area contributed by atoms with Gasteiger partial charge in [-0.3, -0.25) is 4.79 Å². The third kappa shape index (κ3) is 8.05. The molecule has 252 valence electrons. The van der Waals surface area contributed by atoms with Gasteiger partial charge < -0.3 is 23.4 Å². The Kier molecular flexibility index (Phi) is 11.4. The van der Waals surface area contributed by atoms with Crippen molar-refractivity contribution in [2.45, 2.75) is 88.8 Å². The quantitative estimate of drug-likeness (QED) is 0.158. The van der Waals surface area contributed by atoms with Crippen LogP contribution in [0.1, 0.15) is 51.2 Å². The zero-order valence-corrected chi connectivity index (χ0v) is 29.3. The Hall–Kier alpha value is -3.43. The van der Waals surface area contributed by atoms with Gasteiger partial charge in [0.15, 0.2) is 5.78 Å². The molecule has 0 bridgehead atoms. The highest BCUT2D eigenvalue weighted by molar-refractivity contribution is 6.99. The summed E-state index contributed by atoms with van der Waals surface area (Å²) in [6.07, 6.45) is -0.158. The number of carbonyl (C=O) groups excluding carboxylic acids is 1. The van der Waals surface area contributed by atoms with Crippen LogP contribution < -0.4 is 10.4 Å². The molecule has 2 aliphatic rings. The summed E-state index contributed by atoms with van der Waals surface area (Å²) in [5.41, 5.74) is 2.21. The molecule has 4 aromatic carbocycles. The minimum atomic E-state index is -2.85. The van der Waals surface area contributed by atoms with E-state index in [1.54, 1.807) is 0 Å². The lowest BCUT2D eigenvalue weighted by atomic mass is 9.95. The summed E-state index contributed by atoms with van der Waals surface area (Å²) in [5, 5.41) is 2.15. The van der Waals surface area contributed by atoms with Crippen LogP contribution >= 0.6 is 0 Å². The lowest BCUT2D eigenvalue weighted by molar-refractivity contribution is -0.218. The molecule has 0 N–H and O–H groups in total. The third-order valence-corrected chi connectivity index (χ3v) is 14.6. The predicted molar refractivity (Wildman–Crippen MR) is 191 cm³/mol. The molecule has 0 aromatic heterocycles. The fraction of sp³-hybridized carbons (Fsp3) is 0.390. The Labute approximate surface area is 286 Å². The van der Waals surface area contributed by atoms with Crippen LogP contribution in [0.4, 0.5) is 0 Å². The van der Waals surface area contributed by atoms with E-state index >= 15 is 0 Å². The summed E-state index contributed by atoms with van der Waals surface area (Å²) in [4.78, 5) is 13.7. The standard InChI is InChI=1S/C41H48O6Si/c1-41(2,3)48(33-20-12-6-13-21-33,34-22-14-7-15-23-34)45-30-39-35(42)24-25-36-38(47-39)26-37(44-28-32-18-10-5-11-19-32)40(46-36)29-43-27-31-16-8-4-9-17-31/h4-23,36-40H,24-30H2,1-3H3/t36-,37-,38+,39-,40+/m0/s1. The van der Waals surface area contributed by atoms with Crippen molar-refractivity contribution in [1.29, 1.82) is 0 Å². The van der Waals surface area contributed by atoms with E-state index in [1.165, 1.54) is 10.4 Å². The molecule has 5 atom stereocenters. The van der Waals surface area contributed by atoms with Crippen molar-refractivity contribution in [3.8, 4) is 0 Å². The Bertz CT molecular complexity index is 1520. The van der Waals surface area contributed by atoms with Gasteiger partial charge in [-0.05, 0) is 33.0 Å². The average molecular weight is 665 g/mol. The summed E-state index contributed by atoms with van der Waals surface area (Å²) in [5.74, 6) is 0.0598. The van der Waals surface area contributed by atoms with Crippen LogP contribution in [-0.2, 0) is 41.4 Å². The minimum Gasteiger partial charge on any atom is -0.404 e. The van der Waals surface area contributed by atoms with Gasteiger partial charge in [0.2, 0.25) is 0 Å². The molecule has 2 heterocycles. The van der Waals surface area contributed by atoms with Crippen LogP contribution in [0, 0.1) is 0 Å². The van der Waals surface area contributed by atoms with Crippen LogP contribution in [0.3, 0.4) is 0 Å². The van der Waals surface area contributed by atoms with E-state index < -0.39 is 14.4 Å². The van der Waals surface area contributed by atoms with Crippen molar-refractivity contribution in [3.05, 3.63) is 132 Å². The first-order chi connectivity index (χ1) is 23.3. The lowest BCUT2D eigenvalue weighted by Gasteiger charge is -2.44. The minimum absolute atomic E-state index is 0.0598. The van der Waals surface area contributed by atoms with Crippen LogP contribution in [0.5, 0.6) is 0 Å². The summed E-state index contributed by atoms with van der Waals surface area (Å²) in [6.45, 7) is 8.27. The van der Waals surface area contributed by atoms with Crippen molar-refractivity contribution in [2.75, 3.05) is 13.2 Å². The number of carbonyl (C=O) groups is 1. The Morgan fingerprint density at radius 2 is 1.23 bits per heavy atom. The molecule has 2 fully saturated rings. The van der Waals surface area contributed by atoms with Gasteiger partial charge >= 0.3 is 0 Å². The molecule has 6 nitrogen and oxygen atoms in total. The second kappa shape index (κ2) is 15.9. The van der Waals surface area contributed by atoms with E-state index in [1.807, 2.05) is 48.5 Å². The fourth-order valence-electron chi connectivity index (χ4n) is 7.12. The first kappa shape index (κ1) is 34.4. The highest BCUT2D eigenvalue weighted by Gasteiger charge is 2.51. The van der Waals surface area contributed by atoms with Gasteiger partial charge in [0.05, 0.1) is 44.7 Å². The molecule has 0 radical (unpaired) electrons. The molecule has 0 unspecified atom stereocenters. The fourth-order valence-corrected chi connectivity index (χ4v) is 11.7. The van der Waals surface area contributed by atoms with Crippen molar-refractivity contribution in [3.63, 3.8) is 0 Å². The van der Waals surface area contributed by atoms with E-state index in [-0.39, 0.29) is 41.8 Å². The molecular weight excluding hydrogens is 617 g/mol. The van der Waals surface area contributed by atoms with Gasteiger partial charge in [0, 0.05) is 12.8 Å². The summed E-state index contributed by atoms with van der Waals surface area (Å²) < 4.78 is 33.2. The zero-order valence-electron chi connectivity index (χ0n) is 28.3. The van der Waals surface area contributed by atoms with E-state index in [9.17, 15) is 4.79 Å². The second-order valence-electron chi connectivity index (χ2n) is 13.9. The monoisotopic (exact) mass is 664 g/mol. The molecule has 0 aliphatic carbocycles. The van der Waals surface area contributed by atoms with E-state index in [2.05, 4.69) is 93.6 Å². The molecule has 48 heavy (non-hydrogen) atoms. The van der Waals surface area contributed by atoms with Crippen LogP contribution in [0.25, 0.3) is 0 Å². The smallest absolute Gasteiger partial charge is 0.261 e. The van der Waals surface area contributed by atoms with E-state index in [4.69, 9.17) is 23.4 Å². The maximum absolute atomic E-state index is 13.7. The summed E-state index contributed by atoms with van der Waals surface area (Å²) in [7, 11) is -2.85. The molecule has 2 saturated heterocycles. The Morgan fingerprint density at radius 3 is 1.79 bits per heavy atom. The number of hydrogen-bond acceptors (Lipinski definition) is 6. The summed E-state index contributed by atoms with van der Waals surface area (Å²) >= 11 is 0. The predicted octanol–water partition coefficient (Wildman–Crippen LogP) is 6.64. The van der Waals surface area contributed by atoms with Crippen molar-refractivity contribution in [2.24, 2.45) is 0 Å². The molecule has 7 heteroatoms. The topological polar surface area (TPSA) is 63.2 Å². The Balaban J connectivity index is 1.20. The molecule has 2 aliphatic heterocycles. The molecule has 0 saturated carbocycles. The third-order valence-electron chi connectivity index (χ3n) is 9.59. The first-order valence-electron chi connectivity index (χ1n) is 17.2. The number of Topliss-reactive ketones (excluding diaryl/α,β-unsaturated/α-hetero) is 1. The number of ketones is 1. The highest BCUT2D eigenvalue weighted by atomic mass is 28.4. The summed E-state index contributed by atoms with van der Waals surface area (Å²) in [6, 6.07) is 41.3.